The van der Waals surface area contributed by atoms with Crippen LogP contribution in [0, 0.1) is 0 Å². The Balaban J connectivity index is 1.97. The minimum atomic E-state index is 0.672. The zero-order valence-corrected chi connectivity index (χ0v) is 14.6. The SMILES string of the molecule is COc1cccc(-c2c(C3CCCCC3)c3ccccc3n2C)c1. The Morgan fingerprint density at radius 1 is 0.958 bits per heavy atom. The molecule has 0 N–H and O–H groups in total. The van der Waals surface area contributed by atoms with Gasteiger partial charge >= 0.3 is 0 Å². The number of aryl methyl sites for hydroxylation is 1. The quantitative estimate of drug-likeness (QED) is 0.586. The number of hydrogen-bond acceptors (Lipinski definition) is 1. The second kappa shape index (κ2) is 6.35. The van der Waals surface area contributed by atoms with Gasteiger partial charge < -0.3 is 9.30 Å². The topological polar surface area (TPSA) is 14.2 Å². The van der Waals surface area contributed by atoms with E-state index < -0.39 is 0 Å². The average Bonchev–Trinajstić information content (AvgIpc) is 2.95. The predicted molar refractivity (Wildman–Crippen MR) is 101 cm³/mol. The lowest BCUT2D eigenvalue weighted by atomic mass is 9.82. The van der Waals surface area contributed by atoms with Gasteiger partial charge in [0.05, 0.1) is 12.8 Å². The number of methoxy groups -OCH3 is 1. The van der Waals surface area contributed by atoms with Crippen molar-refractivity contribution in [3.8, 4) is 17.0 Å². The highest BCUT2D eigenvalue weighted by atomic mass is 16.5. The van der Waals surface area contributed by atoms with E-state index in [9.17, 15) is 0 Å². The first-order valence-electron chi connectivity index (χ1n) is 9.01. The Morgan fingerprint density at radius 2 is 1.75 bits per heavy atom. The van der Waals surface area contributed by atoms with E-state index in [1.807, 2.05) is 6.07 Å². The molecule has 1 fully saturated rings. The molecule has 0 amide bonds. The maximum Gasteiger partial charge on any atom is 0.119 e. The van der Waals surface area contributed by atoms with Gasteiger partial charge in [-0.1, -0.05) is 49.6 Å². The largest absolute Gasteiger partial charge is 0.497 e. The minimum absolute atomic E-state index is 0.672. The molecule has 0 aliphatic heterocycles. The van der Waals surface area contributed by atoms with Crippen LogP contribution in [-0.4, -0.2) is 11.7 Å². The summed E-state index contributed by atoms with van der Waals surface area (Å²) in [6.07, 6.45) is 6.71. The van der Waals surface area contributed by atoms with Crippen molar-refractivity contribution in [1.29, 1.82) is 0 Å². The smallest absolute Gasteiger partial charge is 0.119 e. The van der Waals surface area contributed by atoms with Crippen LogP contribution < -0.4 is 4.74 Å². The molecule has 2 nitrogen and oxygen atoms in total. The van der Waals surface area contributed by atoms with Crippen LogP contribution in [-0.2, 0) is 7.05 Å². The van der Waals surface area contributed by atoms with Crippen LogP contribution in [0.25, 0.3) is 22.2 Å². The molecule has 4 rings (SSSR count). The van der Waals surface area contributed by atoms with Gasteiger partial charge in [0.2, 0.25) is 0 Å². The number of aromatic nitrogens is 1. The molecular formula is C22H25NO. The number of para-hydroxylation sites is 1. The van der Waals surface area contributed by atoms with Gasteiger partial charge in [0.25, 0.3) is 0 Å². The second-order valence-corrected chi connectivity index (χ2v) is 6.91. The normalized spacial score (nSPS) is 15.8. The molecule has 1 aliphatic rings. The second-order valence-electron chi connectivity index (χ2n) is 6.91. The van der Waals surface area contributed by atoms with E-state index in [4.69, 9.17) is 4.74 Å². The van der Waals surface area contributed by atoms with Crippen molar-refractivity contribution >= 4 is 10.9 Å². The lowest BCUT2D eigenvalue weighted by molar-refractivity contribution is 0.415. The van der Waals surface area contributed by atoms with Gasteiger partial charge in [-0.3, -0.25) is 0 Å². The van der Waals surface area contributed by atoms with Crippen molar-refractivity contribution in [1.82, 2.24) is 4.57 Å². The van der Waals surface area contributed by atoms with E-state index >= 15 is 0 Å². The molecule has 24 heavy (non-hydrogen) atoms. The Bertz CT molecular complexity index is 856. The van der Waals surface area contributed by atoms with Gasteiger partial charge in [0, 0.05) is 23.5 Å². The van der Waals surface area contributed by atoms with Crippen LogP contribution in [0.1, 0.15) is 43.6 Å². The molecule has 0 atom stereocenters. The Hall–Kier alpha value is -2.22. The summed E-state index contributed by atoms with van der Waals surface area (Å²) >= 11 is 0. The molecule has 1 heterocycles. The molecule has 2 heteroatoms. The van der Waals surface area contributed by atoms with Crippen LogP contribution in [0.2, 0.25) is 0 Å². The molecule has 1 saturated carbocycles. The first kappa shape index (κ1) is 15.3. The van der Waals surface area contributed by atoms with Crippen LogP contribution in [0.4, 0.5) is 0 Å². The van der Waals surface area contributed by atoms with Crippen molar-refractivity contribution < 1.29 is 4.74 Å². The number of ether oxygens (including phenoxy) is 1. The first-order chi connectivity index (χ1) is 11.8. The standard InChI is InChI=1S/C22H25NO/c1-23-20-14-7-6-13-19(20)21(16-9-4-3-5-10-16)22(23)17-11-8-12-18(15-17)24-2/h6-8,11-16H,3-5,9-10H2,1-2H3. The van der Waals surface area contributed by atoms with E-state index in [0.717, 1.165) is 5.75 Å². The van der Waals surface area contributed by atoms with Crippen LogP contribution in [0.3, 0.4) is 0 Å². The fourth-order valence-corrected chi connectivity index (χ4v) is 4.35. The fraction of sp³-hybridized carbons (Fsp3) is 0.364. The van der Waals surface area contributed by atoms with Crippen LogP contribution in [0.15, 0.2) is 48.5 Å². The molecule has 0 bridgehead atoms. The van der Waals surface area contributed by atoms with E-state index in [-0.39, 0.29) is 0 Å². The molecule has 0 saturated heterocycles. The van der Waals surface area contributed by atoms with Gasteiger partial charge in [-0.2, -0.15) is 0 Å². The number of benzene rings is 2. The van der Waals surface area contributed by atoms with Gasteiger partial charge in [0.15, 0.2) is 0 Å². The van der Waals surface area contributed by atoms with Crippen molar-refractivity contribution in [3.63, 3.8) is 0 Å². The number of rotatable bonds is 3. The molecule has 1 aromatic heterocycles. The minimum Gasteiger partial charge on any atom is -0.497 e. The van der Waals surface area contributed by atoms with Crippen LogP contribution in [0.5, 0.6) is 5.75 Å². The van der Waals surface area contributed by atoms with Crippen LogP contribution >= 0.6 is 0 Å². The van der Waals surface area contributed by atoms with Gasteiger partial charge in [0.1, 0.15) is 5.75 Å². The van der Waals surface area contributed by atoms with Gasteiger partial charge in [-0.25, -0.2) is 0 Å². The Kier molecular flexibility index (Phi) is 4.05. The van der Waals surface area contributed by atoms with Crippen molar-refractivity contribution in [3.05, 3.63) is 54.1 Å². The van der Waals surface area contributed by atoms with Gasteiger partial charge in [-0.05, 0) is 42.5 Å². The summed E-state index contributed by atoms with van der Waals surface area (Å²) in [5.74, 6) is 1.60. The van der Waals surface area contributed by atoms with Gasteiger partial charge in [-0.15, -0.1) is 0 Å². The summed E-state index contributed by atoms with van der Waals surface area (Å²) < 4.78 is 7.84. The van der Waals surface area contributed by atoms with Crippen molar-refractivity contribution in [2.45, 2.75) is 38.0 Å². The Morgan fingerprint density at radius 3 is 2.54 bits per heavy atom. The molecule has 0 unspecified atom stereocenters. The summed E-state index contributed by atoms with van der Waals surface area (Å²) in [6, 6.07) is 17.3. The Labute approximate surface area is 144 Å². The predicted octanol–water partition coefficient (Wildman–Crippen LogP) is 5.90. The maximum absolute atomic E-state index is 5.47. The van der Waals surface area contributed by atoms with E-state index in [0.29, 0.717) is 5.92 Å². The monoisotopic (exact) mass is 319 g/mol. The third-order valence-electron chi connectivity index (χ3n) is 5.50. The molecule has 2 aromatic carbocycles. The summed E-state index contributed by atoms with van der Waals surface area (Å²) in [5, 5.41) is 1.42. The number of hydrogen-bond donors (Lipinski definition) is 0. The van der Waals surface area contributed by atoms with E-state index in [1.54, 1.807) is 12.7 Å². The van der Waals surface area contributed by atoms with E-state index in [2.05, 4.69) is 54.1 Å². The lowest BCUT2D eigenvalue weighted by Gasteiger charge is -2.23. The van der Waals surface area contributed by atoms with Crippen molar-refractivity contribution in [2.24, 2.45) is 7.05 Å². The molecule has 1 aliphatic carbocycles. The third-order valence-corrected chi connectivity index (χ3v) is 5.50. The highest BCUT2D eigenvalue weighted by molar-refractivity contribution is 5.92. The summed E-state index contributed by atoms with van der Waals surface area (Å²) in [5.41, 5.74) is 5.49. The first-order valence-corrected chi connectivity index (χ1v) is 9.01. The van der Waals surface area contributed by atoms with Crippen molar-refractivity contribution in [2.75, 3.05) is 7.11 Å². The highest BCUT2D eigenvalue weighted by Gasteiger charge is 2.25. The molecule has 124 valence electrons. The molecule has 0 radical (unpaired) electrons. The van der Waals surface area contributed by atoms with E-state index in [1.165, 1.54) is 54.3 Å². The third kappa shape index (κ3) is 2.50. The number of nitrogens with zero attached hydrogens (tertiary/aromatic N) is 1. The summed E-state index contributed by atoms with van der Waals surface area (Å²) in [4.78, 5) is 0. The average molecular weight is 319 g/mol. The number of fused-ring (bicyclic) bond motifs is 1. The fourth-order valence-electron chi connectivity index (χ4n) is 4.35. The highest BCUT2D eigenvalue weighted by Crippen LogP contribution is 2.43. The lowest BCUT2D eigenvalue weighted by Crippen LogP contribution is -2.06. The molecular weight excluding hydrogens is 294 g/mol. The molecule has 0 spiro atoms. The zero-order valence-electron chi connectivity index (χ0n) is 14.6. The maximum atomic E-state index is 5.47. The summed E-state index contributed by atoms with van der Waals surface area (Å²) in [6.45, 7) is 0. The summed E-state index contributed by atoms with van der Waals surface area (Å²) in [7, 11) is 3.94. The zero-order chi connectivity index (χ0) is 16.5. The molecule has 3 aromatic rings.